The van der Waals surface area contributed by atoms with Crippen LogP contribution in [0.1, 0.15) is 17.3 Å². The van der Waals surface area contributed by atoms with Crippen molar-refractivity contribution in [3.05, 3.63) is 82.4 Å². The van der Waals surface area contributed by atoms with E-state index in [1.807, 2.05) is 30.3 Å². The van der Waals surface area contributed by atoms with E-state index in [1.54, 1.807) is 31.2 Å². The van der Waals surface area contributed by atoms with Gasteiger partial charge in [0.05, 0.1) is 36.1 Å². The Hall–Kier alpha value is -4.27. The maximum absolute atomic E-state index is 12.7. The third kappa shape index (κ3) is 5.41. The third-order valence-electron chi connectivity index (χ3n) is 4.19. The molecule has 3 rings (SSSR count). The van der Waals surface area contributed by atoms with Crippen LogP contribution in [0.4, 0.5) is 22.7 Å². The van der Waals surface area contributed by atoms with Gasteiger partial charge in [0.2, 0.25) is 0 Å². The summed E-state index contributed by atoms with van der Waals surface area (Å²) >= 11 is 0. The van der Waals surface area contributed by atoms with E-state index in [0.29, 0.717) is 18.0 Å². The molecule has 1 N–H and O–H groups in total. The minimum absolute atomic E-state index is 0.141. The number of nitrogens with one attached hydrogen (secondary N) is 1. The van der Waals surface area contributed by atoms with Crippen molar-refractivity contribution in [2.24, 2.45) is 10.2 Å². The number of nitro groups is 1. The second-order valence-electron chi connectivity index (χ2n) is 6.25. The molecule has 0 aromatic heterocycles. The van der Waals surface area contributed by atoms with Gasteiger partial charge < -0.3 is 14.8 Å². The van der Waals surface area contributed by atoms with Gasteiger partial charge in [-0.1, -0.05) is 18.2 Å². The second-order valence-corrected chi connectivity index (χ2v) is 6.25. The zero-order valence-corrected chi connectivity index (χ0v) is 16.9. The van der Waals surface area contributed by atoms with Crippen molar-refractivity contribution in [3.8, 4) is 11.5 Å². The highest BCUT2D eigenvalue weighted by Crippen LogP contribution is 2.35. The highest BCUT2D eigenvalue weighted by Gasteiger charge is 2.24. The van der Waals surface area contributed by atoms with Crippen LogP contribution in [0.3, 0.4) is 0 Å². The molecule has 0 saturated carbocycles. The lowest BCUT2D eigenvalue weighted by Gasteiger charge is -2.12. The Kier molecular flexibility index (Phi) is 6.89. The average molecular weight is 420 g/mol. The molecule has 0 heterocycles. The van der Waals surface area contributed by atoms with Crippen molar-refractivity contribution in [2.75, 3.05) is 19.0 Å². The van der Waals surface area contributed by atoms with Crippen LogP contribution in [0.2, 0.25) is 0 Å². The largest absolute Gasteiger partial charge is 0.493 e. The van der Waals surface area contributed by atoms with Crippen molar-refractivity contribution >= 4 is 28.7 Å². The van der Waals surface area contributed by atoms with Gasteiger partial charge in [0.25, 0.3) is 11.6 Å². The predicted octanol–water partition coefficient (Wildman–Crippen LogP) is 5.67. The summed E-state index contributed by atoms with van der Waals surface area (Å²) in [5.74, 6) is -0.220. The summed E-state index contributed by atoms with van der Waals surface area (Å²) in [7, 11) is 1.40. The van der Waals surface area contributed by atoms with E-state index in [4.69, 9.17) is 9.47 Å². The number of nitrogens with zero attached hydrogens (tertiary/aromatic N) is 3. The molecule has 9 nitrogen and oxygen atoms in total. The second kappa shape index (κ2) is 9.97. The lowest BCUT2D eigenvalue weighted by atomic mass is 10.1. The van der Waals surface area contributed by atoms with Gasteiger partial charge in [-0.25, -0.2) is 0 Å². The van der Waals surface area contributed by atoms with Crippen LogP contribution >= 0.6 is 0 Å². The SMILES string of the molecule is CCOc1cc([N+](=O)[O-])c(C(=O)Nc2ccc(N=Nc3ccccc3)cc2)cc1OC. The minimum Gasteiger partial charge on any atom is -0.493 e. The average Bonchev–Trinajstić information content (AvgIpc) is 2.79. The molecule has 3 aromatic rings. The number of methoxy groups -OCH3 is 1. The number of rotatable bonds is 8. The first-order chi connectivity index (χ1) is 15.0. The molecule has 1 amide bonds. The van der Waals surface area contributed by atoms with Gasteiger partial charge in [0, 0.05) is 11.8 Å². The Bertz CT molecular complexity index is 1100. The maximum atomic E-state index is 12.7. The van der Waals surface area contributed by atoms with E-state index in [9.17, 15) is 14.9 Å². The van der Waals surface area contributed by atoms with Crippen LogP contribution in [-0.4, -0.2) is 24.5 Å². The Morgan fingerprint density at radius 1 is 1.00 bits per heavy atom. The molecule has 0 saturated heterocycles. The van der Waals surface area contributed by atoms with Crippen molar-refractivity contribution < 1.29 is 19.2 Å². The fourth-order valence-electron chi connectivity index (χ4n) is 2.73. The third-order valence-corrected chi connectivity index (χ3v) is 4.19. The van der Waals surface area contributed by atoms with Crippen LogP contribution in [0.15, 0.2) is 77.0 Å². The lowest BCUT2D eigenvalue weighted by molar-refractivity contribution is -0.385. The normalized spacial score (nSPS) is 10.6. The molecule has 0 atom stereocenters. The summed E-state index contributed by atoms with van der Waals surface area (Å²) in [6.07, 6.45) is 0. The number of carbonyl (C=O) groups excluding carboxylic acids is 1. The van der Waals surface area contributed by atoms with Crippen LogP contribution < -0.4 is 14.8 Å². The topological polar surface area (TPSA) is 115 Å². The number of ether oxygens (including phenoxy) is 2. The molecule has 0 unspecified atom stereocenters. The highest BCUT2D eigenvalue weighted by molar-refractivity contribution is 6.07. The number of carbonyl (C=O) groups is 1. The predicted molar refractivity (Wildman–Crippen MR) is 116 cm³/mol. The summed E-state index contributed by atoms with van der Waals surface area (Å²) in [4.78, 5) is 23.6. The van der Waals surface area contributed by atoms with Crippen molar-refractivity contribution in [1.82, 2.24) is 0 Å². The van der Waals surface area contributed by atoms with Gasteiger partial charge in [0.1, 0.15) is 5.56 Å². The number of hydrogen-bond acceptors (Lipinski definition) is 7. The Morgan fingerprint density at radius 3 is 2.23 bits per heavy atom. The van der Waals surface area contributed by atoms with E-state index in [1.165, 1.54) is 19.2 Å². The van der Waals surface area contributed by atoms with Gasteiger partial charge in [-0.05, 0) is 43.3 Å². The zero-order chi connectivity index (χ0) is 22.2. The van der Waals surface area contributed by atoms with Gasteiger partial charge in [-0.2, -0.15) is 10.2 Å². The molecular formula is C22H20N4O5. The number of anilines is 1. The van der Waals surface area contributed by atoms with Gasteiger partial charge >= 0.3 is 0 Å². The van der Waals surface area contributed by atoms with Crippen molar-refractivity contribution in [2.45, 2.75) is 6.92 Å². The van der Waals surface area contributed by atoms with Gasteiger partial charge in [-0.15, -0.1) is 0 Å². The first-order valence-electron chi connectivity index (χ1n) is 9.39. The molecule has 0 fully saturated rings. The molecule has 0 aliphatic carbocycles. The first kappa shape index (κ1) is 21.4. The fraction of sp³-hybridized carbons (Fsp3) is 0.136. The number of azo groups is 1. The van der Waals surface area contributed by atoms with E-state index >= 15 is 0 Å². The van der Waals surface area contributed by atoms with Gasteiger partial charge in [-0.3, -0.25) is 14.9 Å². The monoisotopic (exact) mass is 420 g/mol. The number of benzene rings is 3. The first-order valence-corrected chi connectivity index (χ1v) is 9.39. The maximum Gasteiger partial charge on any atom is 0.286 e. The molecule has 0 spiro atoms. The summed E-state index contributed by atoms with van der Waals surface area (Å²) in [6.45, 7) is 2.04. The number of nitro benzene ring substituents is 1. The Morgan fingerprint density at radius 2 is 1.65 bits per heavy atom. The standard InChI is InChI=1S/C22H20N4O5/c1-3-31-21-14-19(26(28)29)18(13-20(21)30-2)22(27)23-15-9-11-17(12-10-15)25-24-16-7-5-4-6-8-16/h4-14H,3H2,1-2H3,(H,23,27). The molecule has 0 radical (unpaired) electrons. The Labute approximate surface area is 178 Å². The molecular weight excluding hydrogens is 400 g/mol. The zero-order valence-electron chi connectivity index (χ0n) is 16.9. The molecule has 0 aliphatic heterocycles. The molecule has 3 aromatic carbocycles. The molecule has 9 heteroatoms. The van der Waals surface area contributed by atoms with Crippen molar-refractivity contribution in [1.29, 1.82) is 0 Å². The minimum atomic E-state index is -0.647. The summed E-state index contributed by atoms with van der Waals surface area (Å²) in [5.41, 5.74) is 1.24. The smallest absolute Gasteiger partial charge is 0.286 e. The number of hydrogen-bond donors (Lipinski definition) is 1. The summed E-state index contributed by atoms with van der Waals surface area (Å²) in [6, 6.07) is 18.4. The highest BCUT2D eigenvalue weighted by atomic mass is 16.6. The summed E-state index contributed by atoms with van der Waals surface area (Å²) < 4.78 is 10.6. The lowest BCUT2D eigenvalue weighted by Crippen LogP contribution is -2.14. The van der Waals surface area contributed by atoms with Gasteiger partial charge in [0.15, 0.2) is 11.5 Å². The fourth-order valence-corrected chi connectivity index (χ4v) is 2.73. The van der Waals surface area contributed by atoms with Crippen LogP contribution in [0.5, 0.6) is 11.5 Å². The van der Waals surface area contributed by atoms with E-state index in [2.05, 4.69) is 15.5 Å². The summed E-state index contributed by atoms with van der Waals surface area (Å²) in [5, 5.41) is 22.4. The molecule has 0 bridgehead atoms. The van der Waals surface area contributed by atoms with Crippen molar-refractivity contribution in [3.63, 3.8) is 0 Å². The molecule has 158 valence electrons. The molecule has 31 heavy (non-hydrogen) atoms. The van der Waals surface area contributed by atoms with Crippen LogP contribution in [0, 0.1) is 10.1 Å². The molecule has 0 aliphatic rings. The van der Waals surface area contributed by atoms with E-state index in [0.717, 1.165) is 5.69 Å². The van der Waals surface area contributed by atoms with E-state index in [-0.39, 0.29) is 22.7 Å². The van der Waals surface area contributed by atoms with Crippen LogP contribution in [-0.2, 0) is 0 Å². The quantitative estimate of drug-likeness (QED) is 0.286. The van der Waals surface area contributed by atoms with E-state index < -0.39 is 10.8 Å². The Balaban J connectivity index is 1.79. The van der Waals surface area contributed by atoms with Crippen LogP contribution in [0.25, 0.3) is 0 Å². The number of amides is 1.